The lowest BCUT2D eigenvalue weighted by Gasteiger charge is -2.21. The van der Waals surface area contributed by atoms with Crippen molar-refractivity contribution in [1.29, 1.82) is 0 Å². The van der Waals surface area contributed by atoms with Crippen LogP contribution in [0.3, 0.4) is 0 Å². The van der Waals surface area contributed by atoms with Gasteiger partial charge in [-0.2, -0.15) is 0 Å². The summed E-state index contributed by atoms with van der Waals surface area (Å²) >= 11 is 0. The minimum atomic E-state index is -4.94. The number of esters is 4. The summed E-state index contributed by atoms with van der Waals surface area (Å²) < 4.78 is 67.9. The van der Waals surface area contributed by atoms with Gasteiger partial charge in [0.15, 0.2) is 12.2 Å². The van der Waals surface area contributed by atoms with E-state index in [1.807, 2.05) is 0 Å². The van der Waals surface area contributed by atoms with E-state index in [2.05, 4.69) is 41.5 Å². The Hall–Kier alpha value is -1.94. The van der Waals surface area contributed by atoms with Crippen molar-refractivity contribution in [2.24, 2.45) is 11.8 Å². The molecule has 0 spiro atoms. The van der Waals surface area contributed by atoms with Crippen LogP contribution < -0.4 is 0 Å². The zero-order valence-electron chi connectivity index (χ0n) is 54.2. The molecule has 0 aromatic rings. The Kier molecular flexibility index (Phi) is 56.2. The quantitative estimate of drug-likeness (QED) is 0.0222. The number of ether oxygens (including phenoxy) is 4. The predicted octanol–water partition coefficient (Wildman–Crippen LogP) is 18.0. The molecule has 84 heavy (non-hydrogen) atoms. The van der Waals surface area contributed by atoms with Crippen molar-refractivity contribution in [1.82, 2.24) is 0 Å². The zero-order valence-corrected chi connectivity index (χ0v) is 56.0. The Bertz CT molecular complexity index is 1650. The first-order chi connectivity index (χ1) is 40.4. The third kappa shape index (κ3) is 59.0. The van der Waals surface area contributed by atoms with Crippen LogP contribution in [-0.4, -0.2) is 96.7 Å². The second kappa shape index (κ2) is 57.5. The third-order valence-electron chi connectivity index (χ3n) is 15.0. The highest BCUT2D eigenvalue weighted by molar-refractivity contribution is 7.47. The van der Waals surface area contributed by atoms with E-state index < -0.39 is 97.5 Å². The molecular formula is C65H126O17P2. The molecule has 0 aromatic carbocycles. The number of unbranched alkanes of at least 4 members (excludes halogenated alkanes) is 34. The van der Waals surface area contributed by atoms with Crippen LogP contribution in [0.2, 0.25) is 0 Å². The van der Waals surface area contributed by atoms with Gasteiger partial charge in [-0.1, -0.05) is 273 Å². The summed E-state index contributed by atoms with van der Waals surface area (Å²) in [5.74, 6) is -0.610. The Labute approximate surface area is 511 Å². The molecule has 0 saturated carbocycles. The molecule has 0 saturated heterocycles. The average molecular weight is 1240 g/mol. The van der Waals surface area contributed by atoms with Gasteiger partial charge in [0.25, 0.3) is 0 Å². The fraction of sp³-hybridized carbons (Fsp3) is 0.938. The van der Waals surface area contributed by atoms with Crippen LogP contribution in [-0.2, 0) is 65.4 Å². The minimum Gasteiger partial charge on any atom is -0.462 e. The standard InChI is InChI=1S/C65H126O17P2/c1-7-9-11-13-15-30-37-43-49-64(69)81-60(53-75-62(67)47-41-35-27-14-12-10-8-2)55-79-83(71,72)77-51-59(66)52-78-84(73,74)80-56-61(54-76-63(68)48-42-36-31-26-25-29-34-40-46-58(5)6)82-65(70)50-44-38-32-24-22-20-18-16-17-19-21-23-28-33-39-45-57(3)4/h57-61,66H,7-56H2,1-6H3,(H,71,72)(H,73,74)/t59-,60+,61+/m0/s1. The normalized spacial score (nSPS) is 14.3. The summed E-state index contributed by atoms with van der Waals surface area (Å²) in [5.41, 5.74) is 0. The van der Waals surface area contributed by atoms with Crippen molar-refractivity contribution >= 4 is 39.5 Å². The van der Waals surface area contributed by atoms with Crippen molar-refractivity contribution in [2.45, 2.75) is 342 Å². The van der Waals surface area contributed by atoms with E-state index in [9.17, 15) is 43.2 Å². The van der Waals surface area contributed by atoms with E-state index in [4.69, 9.17) is 37.0 Å². The number of hydrogen-bond donors (Lipinski definition) is 3. The molecule has 5 atom stereocenters. The van der Waals surface area contributed by atoms with Gasteiger partial charge < -0.3 is 33.8 Å². The smallest absolute Gasteiger partial charge is 0.462 e. The molecule has 0 heterocycles. The van der Waals surface area contributed by atoms with Gasteiger partial charge in [0.2, 0.25) is 0 Å². The predicted molar refractivity (Wildman–Crippen MR) is 335 cm³/mol. The molecule has 0 rings (SSSR count). The number of phosphoric acid groups is 2. The molecular weight excluding hydrogens is 1110 g/mol. The van der Waals surface area contributed by atoms with Gasteiger partial charge >= 0.3 is 39.5 Å². The second-order valence-electron chi connectivity index (χ2n) is 24.5. The van der Waals surface area contributed by atoms with Crippen LogP contribution in [0, 0.1) is 11.8 Å². The first kappa shape index (κ1) is 82.1. The lowest BCUT2D eigenvalue weighted by atomic mass is 10.0. The minimum absolute atomic E-state index is 0.104. The van der Waals surface area contributed by atoms with Crippen LogP contribution in [0.15, 0.2) is 0 Å². The molecule has 19 heteroatoms. The van der Waals surface area contributed by atoms with Gasteiger partial charge in [-0.3, -0.25) is 37.3 Å². The van der Waals surface area contributed by atoms with Gasteiger partial charge in [0.1, 0.15) is 19.3 Å². The summed E-state index contributed by atoms with van der Waals surface area (Å²) in [7, 11) is -9.88. The summed E-state index contributed by atoms with van der Waals surface area (Å²) in [6, 6.07) is 0. The van der Waals surface area contributed by atoms with E-state index in [-0.39, 0.29) is 25.7 Å². The molecule has 0 radical (unpaired) electrons. The van der Waals surface area contributed by atoms with Gasteiger partial charge in [-0.15, -0.1) is 0 Å². The van der Waals surface area contributed by atoms with E-state index in [0.717, 1.165) is 121 Å². The van der Waals surface area contributed by atoms with E-state index in [1.165, 1.54) is 122 Å². The number of rotatable bonds is 64. The number of carbonyl (C=O) groups is 4. The Balaban J connectivity index is 5.16. The molecule has 498 valence electrons. The van der Waals surface area contributed by atoms with Crippen molar-refractivity contribution < 1.29 is 80.2 Å². The monoisotopic (exact) mass is 1240 g/mol. The second-order valence-corrected chi connectivity index (χ2v) is 27.4. The number of aliphatic hydroxyl groups excluding tert-OH is 1. The maximum Gasteiger partial charge on any atom is 0.472 e. The maximum atomic E-state index is 13.0. The van der Waals surface area contributed by atoms with Crippen molar-refractivity contribution in [3.63, 3.8) is 0 Å². The lowest BCUT2D eigenvalue weighted by molar-refractivity contribution is -0.161. The largest absolute Gasteiger partial charge is 0.472 e. The number of phosphoric ester groups is 2. The van der Waals surface area contributed by atoms with Gasteiger partial charge in [-0.25, -0.2) is 9.13 Å². The molecule has 17 nitrogen and oxygen atoms in total. The molecule has 0 aromatic heterocycles. The summed E-state index contributed by atoms with van der Waals surface area (Å²) in [4.78, 5) is 72.0. The Morgan fingerprint density at radius 1 is 0.321 bits per heavy atom. The van der Waals surface area contributed by atoms with Crippen LogP contribution in [0.5, 0.6) is 0 Å². The fourth-order valence-electron chi connectivity index (χ4n) is 9.71. The zero-order chi connectivity index (χ0) is 62.2. The van der Waals surface area contributed by atoms with Gasteiger partial charge in [-0.05, 0) is 37.5 Å². The van der Waals surface area contributed by atoms with E-state index in [0.29, 0.717) is 25.7 Å². The highest BCUT2D eigenvalue weighted by Crippen LogP contribution is 2.45. The third-order valence-corrected chi connectivity index (χ3v) is 16.9. The summed E-state index contributed by atoms with van der Waals surface area (Å²) in [5, 5.41) is 10.5. The Morgan fingerprint density at radius 3 is 0.810 bits per heavy atom. The summed E-state index contributed by atoms with van der Waals surface area (Å²) in [6.07, 6.45) is 40.6. The molecule has 0 amide bonds. The molecule has 2 unspecified atom stereocenters. The highest BCUT2D eigenvalue weighted by atomic mass is 31.2. The molecule has 0 aliphatic carbocycles. The topological polar surface area (TPSA) is 237 Å². The first-order valence-electron chi connectivity index (χ1n) is 34.0. The van der Waals surface area contributed by atoms with E-state index >= 15 is 0 Å². The molecule has 0 aliphatic heterocycles. The highest BCUT2D eigenvalue weighted by Gasteiger charge is 2.30. The van der Waals surface area contributed by atoms with Crippen LogP contribution in [0.25, 0.3) is 0 Å². The van der Waals surface area contributed by atoms with Gasteiger partial charge in [0, 0.05) is 25.7 Å². The lowest BCUT2D eigenvalue weighted by Crippen LogP contribution is -2.30. The molecule has 0 fully saturated rings. The molecule has 0 aliphatic rings. The fourth-order valence-corrected chi connectivity index (χ4v) is 11.3. The van der Waals surface area contributed by atoms with Crippen molar-refractivity contribution in [3.05, 3.63) is 0 Å². The van der Waals surface area contributed by atoms with Crippen LogP contribution in [0.4, 0.5) is 0 Å². The average Bonchev–Trinajstić information content (AvgIpc) is 3.48. The molecule has 3 N–H and O–H groups in total. The Morgan fingerprint density at radius 2 is 0.548 bits per heavy atom. The SMILES string of the molecule is CCCCCCCCCCC(=O)O[C@H](COC(=O)CCCCCCCCC)COP(=O)(O)OC[C@H](O)COP(=O)(O)OC[C@@H](COC(=O)CCCCCCCCCCC(C)C)OC(=O)CCCCCCCCCCCCCCCCCC(C)C. The van der Waals surface area contributed by atoms with Crippen LogP contribution in [0.1, 0.15) is 324 Å². The van der Waals surface area contributed by atoms with Crippen molar-refractivity contribution in [2.75, 3.05) is 39.6 Å². The molecule has 0 bridgehead atoms. The van der Waals surface area contributed by atoms with Crippen molar-refractivity contribution in [3.8, 4) is 0 Å². The number of aliphatic hydroxyl groups is 1. The summed E-state index contributed by atoms with van der Waals surface area (Å²) in [6.45, 7) is 9.43. The number of carbonyl (C=O) groups excluding carboxylic acids is 4. The maximum absolute atomic E-state index is 13.0. The first-order valence-corrected chi connectivity index (χ1v) is 37.0. The van der Waals surface area contributed by atoms with Gasteiger partial charge in [0.05, 0.1) is 26.4 Å². The number of hydrogen-bond acceptors (Lipinski definition) is 15. The van der Waals surface area contributed by atoms with Crippen LogP contribution >= 0.6 is 15.6 Å². The van der Waals surface area contributed by atoms with E-state index in [1.54, 1.807) is 0 Å².